The summed E-state index contributed by atoms with van der Waals surface area (Å²) in [6, 6.07) is 1.83. The molecular weight excluding hydrogens is 252 g/mol. The number of hydrogen-bond donors (Lipinski definition) is 0. The highest BCUT2D eigenvalue weighted by atomic mass is 79.9. The number of thiophene rings is 1. The third-order valence-corrected chi connectivity index (χ3v) is 3.56. The third-order valence-electron chi connectivity index (χ3n) is 1.87. The van der Waals surface area contributed by atoms with Crippen molar-refractivity contribution in [2.75, 3.05) is 6.61 Å². The highest BCUT2D eigenvalue weighted by Gasteiger charge is 2.18. The summed E-state index contributed by atoms with van der Waals surface area (Å²) in [6.07, 6.45) is 2.29. The lowest BCUT2D eigenvalue weighted by Gasteiger charge is -1.96. The Morgan fingerprint density at radius 3 is 3.00 bits per heavy atom. The van der Waals surface area contributed by atoms with E-state index >= 15 is 0 Å². The van der Waals surface area contributed by atoms with Crippen LogP contribution in [0.4, 0.5) is 0 Å². The number of halogens is 1. The van der Waals surface area contributed by atoms with E-state index in [1.54, 1.807) is 6.26 Å². The summed E-state index contributed by atoms with van der Waals surface area (Å²) in [5.74, 6) is 0.0747. The van der Waals surface area contributed by atoms with E-state index in [2.05, 4.69) is 15.9 Å². The van der Waals surface area contributed by atoms with Crippen LogP contribution < -0.4 is 0 Å². The van der Waals surface area contributed by atoms with Gasteiger partial charge in [-0.2, -0.15) is 0 Å². The molecule has 2 rings (SSSR count). The lowest BCUT2D eigenvalue weighted by molar-refractivity contribution is 0.103. The smallest absolute Gasteiger partial charge is 0.194 e. The monoisotopic (exact) mass is 258 g/mol. The summed E-state index contributed by atoms with van der Waals surface area (Å²) in [7, 11) is 0. The molecule has 1 aliphatic heterocycles. The zero-order valence-corrected chi connectivity index (χ0v) is 9.15. The summed E-state index contributed by atoms with van der Waals surface area (Å²) in [5, 5.41) is 1.90. The van der Waals surface area contributed by atoms with Crippen molar-refractivity contribution in [3.8, 4) is 0 Å². The van der Waals surface area contributed by atoms with Gasteiger partial charge in [0.1, 0.15) is 0 Å². The maximum Gasteiger partial charge on any atom is 0.194 e. The minimum atomic E-state index is 0.0747. The molecule has 1 aliphatic rings. The van der Waals surface area contributed by atoms with Crippen LogP contribution in [0, 0.1) is 0 Å². The molecule has 13 heavy (non-hydrogen) atoms. The molecule has 0 saturated carbocycles. The molecule has 0 bridgehead atoms. The van der Waals surface area contributed by atoms with E-state index in [9.17, 15) is 4.79 Å². The normalized spacial score (nSPS) is 15.3. The van der Waals surface area contributed by atoms with E-state index in [-0.39, 0.29) is 5.78 Å². The first-order valence-corrected chi connectivity index (χ1v) is 5.54. The van der Waals surface area contributed by atoms with Crippen molar-refractivity contribution >= 4 is 33.0 Å². The van der Waals surface area contributed by atoms with Gasteiger partial charge in [0.05, 0.1) is 16.7 Å². The highest BCUT2D eigenvalue weighted by molar-refractivity contribution is 9.11. The molecule has 0 saturated heterocycles. The van der Waals surface area contributed by atoms with Crippen LogP contribution in [0.15, 0.2) is 27.1 Å². The van der Waals surface area contributed by atoms with Crippen molar-refractivity contribution < 1.29 is 9.53 Å². The standard InChI is InChI=1S/C9H7BrO2S/c10-9-7(2-4-13-9)8(11)6-1-3-12-5-6/h2,4-5H,1,3H2. The summed E-state index contributed by atoms with van der Waals surface area (Å²) < 4.78 is 5.92. The number of ketones is 1. The van der Waals surface area contributed by atoms with Crippen molar-refractivity contribution in [3.63, 3.8) is 0 Å². The number of rotatable bonds is 2. The molecule has 1 aromatic heterocycles. The molecule has 0 unspecified atom stereocenters. The summed E-state index contributed by atoms with van der Waals surface area (Å²) in [5.41, 5.74) is 1.50. The van der Waals surface area contributed by atoms with Crippen LogP contribution in [-0.2, 0) is 4.74 Å². The van der Waals surface area contributed by atoms with Crippen molar-refractivity contribution in [1.82, 2.24) is 0 Å². The van der Waals surface area contributed by atoms with Gasteiger partial charge in [-0.15, -0.1) is 11.3 Å². The van der Waals surface area contributed by atoms with Crippen LogP contribution in [-0.4, -0.2) is 12.4 Å². The first kappa shape index (κ1) is 8.97. The Hall–Kier alpha value is -0.610. The molecule has 0 spiro atoms. The van der Waals surface area contributed by atoms with Crippen molar-refractivity contribution in [2.45, 2.75) is 6.42 Å². The predicted octanol–water partition coefficient (Wildman–Crippen LogP) is 3.00. The van der Waals surface area contributed by atoms with Crippen molar-refractivity contribution in [2.24, 2.45) is 0 Å². The predicted molar refractivity (Wildman–Crippen MR) is 55.0 cm³/mol. The number of Topliss-reactive ketones (excluding diaryl/α,β-unsaturated/α-hetero) is 1. The van der Waals surface area contributed by atoms with E-state index in [1.807, 2.05) is 11.4 Å². The molecule has 68 valence electrons. The fourth-order valence-electron chi connectivity index (χ4n) is 1.18. The van der Waals surface area contributed by atoms with Gasteiger partial charge in [0.15, 0.2) is 5.78 Å². The van der Waals surface area contributed by atoms with Gasteiger partial charge < -0.3 is 4.74 Å². The van der Waals surface area contributed by atoms with E-state index in [4.69, 9.17) is 4.74 Å². The summed E-state index contributed by atoms with van der Waals surface area (Å²) in [6.45, 7) is 0.628. The van der Waals surface area contributed by atoms with Gasteiger partial charge in [-0.05, 0) is 27.4 Å². The first-order valence-electron chi connectivity index (χ1n) is 3.87. The molecule has 2 nitrogen and oxygen atoms in total. The SMILES string of the molecule is O=C(C1=COCC1)c1ccsc1Br. The average molecular weight is 259 g/mol. The molecule has 0 aliphatic carbocycles. The maximum absolute atomic E-state index is 11.8. The number of carbonyl (C=O) groups excluding carboxylic acids is 1. The molecule has 2 heterocycles. The van der Waals surface area contributed by atoms with E-state index in [0.717, 1.165) is 21.3 Å². The molecule has 1 aromatic rings. The van der Waals surface area contributed by atoms with Crippen molar-refractivity contribution in [1.29, 1.82) is 0 Å². The second-order valence-corrected chi connectivity index (χ2v) is 4.94. The lowest BCUT2D eigenvalue weighted by atomic mass is 10.1. The highest BCUT2D eigenvalue weighted by Crippen LogP contribution is 2.27. The molecule has 0 aromatic carbocycles. The third kappa shape index (κ3) is 1.69. The van der Waals surface area contributed by atoms with Crippen LogP contribution in [0.3, 0.4) is 0 Å². The van der Waals surface area contributed by atoms with Crippen LogP contribution in [0.1, 0.15) is 16.8 Å². The topological polar surface area (TPSA) is 26.3 Å². The number of ether oxygens (including phenoxy) is 1. The van der Waals surface area contributed by atoms with E-state index in [1.165, 1.54) is 11.3 Å². The Morgan fingerprint density at radius 2 is 2.46 bits per heavy atom. The fraction of sp³-hybridized carbons (Fsp3) is 0.222. The second-order valence-electron chi connectivity index (χ2n) is 2.70. The Kier molecular flexibility index (Phi) is 2.51. The minimum Gasteiger partial charge on any atom is -0.500 e. The summed E-state index contributed by atoms with van der Waals surface area (Å²) >= 11 is 4.86. The van der Waals surface area contributed by atoms with Gasteiger partial charge in [-0.25, -0.2) is 0 Å². The van der Waals surface area contributed by atoms with E-state index in [0.29, 0.717) is 6.61 Å². The fourth-order valence-corrected chi connectivity index (χ4v) is 2.43. The summed E-state index contributed by atoms with van der Waals surface area (Å²) in [4.78, 5) is 11.8. The number of hydrogen-bond acceptors (Lipinski definition) is 3. The minimum absolute atomic E-state index is 0.0747. The van der Waals surface area contributed by atoms with Crippen LogP contribution in [0.2, 0.25) is 0 Å². The Labute approximate surface area is 88.3 Å². The van der Waals surface area contributed by atoms with Crippen molar-refractivity contribution in [3.05, 3.63) is 32.6 Å². The van der Waals surface area contributed by atoms with Gasteiger partial charge in [0.25, 0.3) is 0 Å². The lowest BCUT2D eigenvalue weighted by Crippen LogP contribution is -2.00. The Balaban J connectivity index is 2.27. The van der Waals surface area contributed by atoms with Crippen LogP contribution in [0.5, 0.6) is 0 Å². The van der Waals surface area contributed by atoms with Gasteiger partial charge in [-0.1, -0.05) is 0 Å². The van der Waals surface area contributed by atoms with Gasteiger partial charge >= 0.3 is 0 Å². The quantitative estimate of drug-likeness (QED) is 0.763. The maximum atomic E-state index is 11.8. The molecule has 0 fully saturated rings. The molecule has 0 N–H and O–H groups in total. The van der Waals surface area contributed by atoms with E-state index < -0.39 is 0 Å². The molecule has 0 amide bonds. The van der Waals surface area contributed by atoms with Gasteiger partial charge in [0.2, 0.25) is 0 Å². The zero-order chi connectivity index (χ0) is 9.26. The largest absolute Gasteiger partial charge is 0.500 e. The average Bonchev–Trinajstić information content (AvgIpc) is 2.72. The zero-order valence-electron chi connectivity index (χ0n) is 6.75. The molecule has 4 heteroatoms. The Bertz CT molecular complexity index is 367. The first-order chi connectivity index (χ1) is 6.29. The van der Waals surface area contributed by atoms with Gasteiger partial charge in [0, 0.05) is 17.6 Å². The molecule has 0 atom stereocenters. The van der Waals surface area contributed by atoms with Gasteiger partial charge in [-0.3, -0.25) is 4.79 Å². The van der Waals surface area contributed by atoms with Crippen LogP contribution >= 0.6 is 27.3 Å². The Morgan fingerprint density at radius 1 is 1.62 bits per heavy atom. The molecular formula is C9H7BrO2S. The number of carbonyl (C=O) groups is 1. The van der Waals surface area contributed by atoms with Crippen LogP contribution in [0.25, 0.3) is 0 Å². The second kappa shape index (κ2) is 3.64. The molecule has 0 radical (unpaired) electrons.